The molecule has 0 saturated carbocycles. The van der Waals surface area contributed by atoms with Crippen molar-refractivity contribution in [3.8, 4) is 0 Å². The van der Waals surface area contributed by atoms with E-state index in [-0.39, 0.29) is 0 Å². The van der Waals surface area contributed by atoms with E-state index in [4.69, 9.17) is 0 Å². The molecule has 4 aromatic rings. The monoisotopic (exact) mass is 454 g/mol. The van der Waals surface area contributed by atoms with Gasteiger partial charge in [-0.3, -0.25) is 0 Å². The minimum atomic E-state index is 0.968. The van der Waals surface area contributed by atoms with Crippen LogP contribution in [0.4, 0.5) is 0 Å². The molecule has 0 amide bonds. The van der Waals surface area contributed by atoms with Gasteiger partial charge in [-0.05, 0) is 46.7 Å². The van der Waals surface area contributed by atoms with E-state index < -0.39 is 0 Å². The SMILES string of the molecule is C=C(Cc1ccccc1)Cc1ccccc1.CC.CC.CC.CCc1cccc2ccccc12. The van der Waals surface area contributed by atoms with Gasteiger partial charge in [0.1, 0.15) is 0 Å². The summed E-state index contributed by atoms with van der Waals surface area (Å²) >= 11 is 0. The quantitative estimate of drug-likeness (QED) is 0.263. The average molecular weight is 455 g/mol. The molecule has 4 aromatic carbocycles. The van der Waals surface area contributed by atoms with Crippen molar-refractivity contribution in [2.45, 2.75) is 67.7 Å². The van der Waals surface area contributed by atoms with Crippen molar-refractivity contribution in [3.05, 3.63) is 132 Å². The second-order valence-electron chi connectivity index (χ2n) is 7.07. The Morgan fingerprint density at radius 3 is 1.41 bits per heavy atom. The summed E-state index contributed by atoms with van der Waals surface area (Å²) in [5.74, 6) is 0. The lowest BCUT2D eigenvalue weighted by Gasteiger charge is -2.05. The summed E-state index contributed by atoms with van der Waals surface area (Å²) in [4.78, 5) is 0. The second kappa shape index (κ2) is 20.5. The fourth-order valence-electron chi connectivity index (χ4n) is 3.43. The molecule has 0 nitrogen and oxygen atoms in total. The minimum Gasteiger partial charge on any atom is -0.0992 e. The van der Waals surface area contributed by atoms with Gasteiger partial charge in [-0.15, -0.1) is 0 Å². The minimum absolute atomic E-state index is 0.968. The van der Waals surface area contributed by atoms with E-state index in [0.29, 0.717) is 0 Å². The third-order valence-electron chi connectivity index (χ3n) is 4.85. The third-order valence-corrected chi connectivity index (χ3v) is 4.85. The van der Waals surface area contributed by atoms with Crippen LogP contribution in [0, 0.1) is 0 Å². The molecule has 0 bridgehead atoms. The Kier molecular flexibility index (Phi) is 18.6. The molecule has 0 aliphatic heterocycles. The largest absolute Gasteiger partial charge is 0.0992 e. The predicted octanol–water partition coefficient (Wildman–Crippen LogP) is 10.5. The summed E-state index contributed by atoms with van der Waals surface area (Å²) in [7, 11) is 0. The van der Waals surface area contributed by atoms with Crippen LogP contribution in [0.3, 0.4) is 0 Å². The Labute approximate surface area is 210 Å². The molecule has 0 heteroatoms. The molecule has 0 saturated heterocycles. The van der Waals surface area contributed by atoms with E-state index in [0.717, 1.165) is 19.3 Å². The molecule has 0 unspecified atom stereocenters. The maximum absolute atomic E-state index is 4.15. The van der Waals surface area contributed by atoms with E-state index in [2.05, 4.69) is 104 Å². The summed E-state index contributed by atoms with van der Waals surface area (Å²) < 4.78 is 0. The highest BCUT2D eigenvalue weighted by atomic mass is 14.0. The van der Waals surface area contributed by atoms with E-state index in [1.54, 1.807) is 0 Å². The Bertz CT molecular complexity index is 949. The number of fused-ring (bicyclic) bond motifs is 1. The first-order valence-electron chi connectivity index (χ1n) is 13.0. The number of allylic oxidation sites excluding steroid dienone is 1. The number of hydrogen-bond acceptors (Lipinski definition) is 0. The van der Waals surface area contributed by atoms with Gasteiger partial charge >= 0.3 is 0 Å². The van der Waals surface area contributed by atoms with Crippen molar-refractivity contribution in [2.24, 2.45) is 0 Å². The zero-order valence-electron chi connectivity index (χ0n) is 22.6. The molecule has 4 rings (SSSR count). The number of benzene rings is 4. The topological polar surface area (TPSA) is 0 Å². The van der Waals surface area contributed by atoms with Gasteiger partial charge in [-0.25, -0.2) is 0 Å². The molecule has 0 aliphatic carbocycles. The van der Waals surface area contributed by atoms with Gasteiger partial charge < -0.3 is 0 Å². The number of aryl methyl sites for hydroxylation is 1. The van der Waals surface area contributed by atoms with Gasteiger partial charge in [0.2, 0.25) is 0 Å². The third kappa shape index (κ3) is 11.7. The van der Waals surface area contributed by atoms with Crippen LogP contribution < -0.4 is 0 Å². The van der Waals surface area contributed by atoms with E-state index in [1.807, 2.05) is 53.7 Å². The Balaban J connectivity index is 0.000000538. The standard InChI is InChI=1S/C16H16.C12H12.3C2H6/c1-14(12-15-8-4-2-5-9-15)13-16-10-6-3-7-11-16;1-2-10-7-5-8-11-6-3-4-9-12(10)11;3*1-2/h2-11H,1,12-13H2;3-9H,2H2,1H3;3*1-2H3. The van der Waals surface area contributed by atoms with Gasteiger partial charge in [0.05, 0.1) is 0 Å². The van der Waals surface area contributed by atoms with Crippen LogP contribution in [0.1, 0.15) is 65.2 Å². The van der Waals surface area contributed by atoms with Crippen LogP contribution in [0.5, 0.6) is 0 Å². The molecule has 0 atom stereocenters. The van der Waals surface area contributed by atoms with Crippen molar-refractivity contribution in [1.29, 1.82) is 0 Å². The summed E-state index contributed by atoms with van der Waals surface area (Å²) in [6.45, 7) is 18.3. The smallest absolute Gasteiger partial charge is 0.00665 e. The Hall–Kier alpha value is -3.12. The van der Waals surface area contributed by atoms with Gasteiger partial charge in [0.15, 0.2) is 0 Å². The zero-order chi connectivity index (χ0) is 25.6. The van der Waals surface area contributed by atoms with E-state index >= 15 is 0 Å². The number of hydrogen-bond donors (Lipinski definition) is 0. The van der Waals surface area contributed by atoms with Crippen LogP contribution in [0.25, 0.3) is 10.8 Å². The zero-order valence-corrected chi connectivity index (χ0v) is 22.6. The lowest BCUT2D eigenvalue weighted by Crippen LogP contribution is -1.93. The highest BCUT2D eigenvalue weighted by molar-refractivity contribution is 5.85. The van der Waals surface area contributed by atoms with Crippen LogP contribution in [-0.2, 0) is 19.3 Å². The first-order valence-corrected chi connectivity index (χ1v) is 13.0. The maximum atomic E-state index is 4.15. The lowest BCUT2D eigenvalue weighted by atomic mass is 10.00. The van der Waals surface area contributed by atoms with Crippen LogP contribution >= 0.6 is 0 Å². The first-order chi connectivity index (χ1) is 16.8. The molecule has 0 heterocycles. The normalized spacial score (nSPS) is 8.91. The molecule has 0 radical (unpaired) electrons. The van der Waals surface area contributed by atoms with Crippen molar-refractivity contribution < 1.29 is 0 Å². The van der Waals surface area contributed by atoms with E-state index in [9.17, 15) is 0 Å². The van der Waals surface area contributed by atoms with Crippen LogP contribution in [0.2, 0.25) is 0 Å². The highest BCUT2D eigenvalue weighted by Crippen LogP contribution is 2.18. The summed E-state index contributed by atoms with van der Waals surface area (Å²) in [6.07, 6.45) is 3.05. The summed E-state index contributed by atoms with van der Waals surface area (Å²) in [5, 5.41) is 2.74. The maximum Gasteiger partial charge on any atom is -0.00665 e. The van der Waals surface area contributed by atoms with Gasteiger partial charge in [0, 0.05) is 0 Å². The number of rotatable bonds is 5. The molecule has 0 aliphatic rings. The molecular formula is C34H46. The molecule has 0 fully saturated rings. The van der Waals surface area contributed by atoms with Gasteiger partial charge in [0.25, 0.3) is 0 Å². The van der Waals surface area contributed by atoms with E-state index in [1.165, 1.54) is 33.0 Å². The van der Waals surface area contributed by atoms with Crippen LogP contribution in [-0.4, -0.2) is 0 Å². The Morgan fingerprint density at radius 2 is 0.941 bits per heavy atom. The molecule has 0 aromatic heterocycles. The summed E-state index contributed by atoms with van der Waals surface area (Å²) in [6, 6.07) is 36.0. The fraction of sp³-hybridized carbons (Fsp3) is 0.294. The Morgan fingerprint density at radius 1 is 0.529 bits per heavy atom. The molecule has 34 heavy (non-hydrogen) atoms. The highest BCUT2D eigenvalue weighted by Gasteiger charge is 1.98. The first kappa shape index (κ1) is 30.9. The second-order valence-corrected chi connectivity index (χ2v) is 7.07. The molecule has 0 N–H and O–H groups in total. The van der Waals surface area contributed by atoms with Crippen molar-refractivity contribution in [2.75, 3.05) is 0 Å². The van der Waals surface area contributed by atoms with Crippen molar-refractivity contribution in [3.63, 3.8) is 0 Å². The lowest BCUT2D eigenvalue weighted by molar-refractivity contribution is 1.04. The average Bonchev–Trinajstić information content (AvgIpc) is 2.93. The molecule has 182 valence electrons. The molecule has 0 spiro atoms. The fourth-order valence-corrected chi connectivity index (χ4v) is 3.43. The van der Waals surface area contributed by atoms with Crippen LogP contribution in [0.15, 0.2) is 115 Å². The van der Waals surface area contributed by atoms with Gasteiger partial charge in [-0.2, -0.15) is 0 Å². The van der Waals surface area contributed by atoms with Crippen molar-refractivity contribution in [1.82, 2.24) is 0 Å². The van der Waals surface area contributed by atoms with Crippen molar-refractivity contribution >= 4 is 10.8 Å². The summed E-state index contributed by atoms with van der Waals surface area (Å²) in [5.41, 5.74) is 5.37. The predicted molar refractivity (Wildman–Crippen MR) is 157 cm³/mol. The van der Waals surface area contributed by atoms with Gasteiger partial charge in [-0.1, -0.05) is 164 Å². The molecular weight excluding hydrogens is 408 g/mol.